The summed E-state index contributed by atoms with van der Waals surface area (Å²) in [6.45, 7) is 3.83. The third-order valence-electron chi connectivity index (χ3n) is 2.53. The van der Waals surface area contributed by atoms with Crippen LogP contribution in [-0.4, -0.2) is 16.1 Å². The average molecular weight is 201 g/mol. The van der Waals surface area contributed by atoms with Crippen LogP contribution in [0.25, 0.3) is 10.9 Å². The first-order valence-corrected chi connectivity index (χ1v) is 4.69. The monoisotopic (exact) mass is 201 g/mol. The van der Waals surface area contributed by atoms with Crippen molar-refractivity contribution in [3.8, 4) is 0 Å². The number of aryl methyl sites for hydroxylation is 2. The number of hydrogen-bond donors (Lipinski definition) is 1. The van der Waals surface area contributed by atoms with Crippen molar-refractivity contribution >= 4 is 16.9 Å². The van der Waals surface area contributed by atoms with Crippen LogP contribution in [0, 0.1) is 13.8 Å². The minimum absolute atomic E-state index is 0.321. The van der Waals surface area contributed by atoms with Crippen LogP contribution in [0.4, 0.5) is 0 Å². The fourth-order valence-electron chi connectivity index (χ4n) is 1.75. The number of benzene rings is 1. The minimum Gasteiger partial charge on any atom is -0.478 e. The molecule has 0 saturated carbocycles. The van der Waals surface area contributed by atoms with Crippen LogP contribution in [0.3, 0.4) is 0 Å². The van der Waals surface area contributed by atoms with Crippen LogP contribution in [0.2, 0.25) is 0 Å². The number of aromatic nitrogens is 1. The molecule has 0 atom stereocenters. The Morgan fingerprint density at radius 3 is 2.53 bits per heavy atom. The number of rotatable bonds is 1. The molecule has 1 heterocycles. The summed E-state index contributed by atoms with van der Waals surface area (Å²) in [5.74, 6) is -0.906. The molecule has 0 saturated heterocycles. The van der Waals surface area contributed by atoms with E-state index in [2.05, 4.69) is 4.98 Å². The van der Waals surface area contributed by atoms with Gasteiger partial charge in [-0.15, -0.1) is 0 Å². The van der Waals surface area contributed by atoms with Crippen molar-refractivity contribution in [1.29, 1.82) is 0 Å². The summed E-state index contributed by atoms with van der Waals surface area (Å²) >= 11 is 0. The second kappa shape index (κ2) is 3.35. The topological polar surface area (TPSA) is 50.2 Å². The lowest BCUT2D eigenvalue weighted by Gasteiger charge is -2.07. The van der Waals surface area contributed by atoms with Crippen molar-refractivity contribution < 1.29 is 9.90 Å². The molecule has 0 amide bonds. The van der Waals surface area contributed by atoms with E-state index >= 15 is 0 Å². The average Bonchev–Trinajstić information content (AvgIpc) is 2.23. The second-order valence-corrected chi connectivity index (χ2v) is 3.59. The molecule has 2 rings (SSSR count). The lowest BCUT2D eigenvalue weighted by Crippen LogP contribution is -2.00. The van der Waals surface area contributed by atoms with Gasteiger partial charge in [0.05, 0.1) is 11.1 Å². The number of fused-ring (bicyclic) bond motifs is 1. The van der Waals surface area contributed by atoms with Gasteiger partial charge in [0, 0.05) is 11.6 Å². The summed E-state index contributed by atoms with van der Waals surface area (Å²) in [6.07, 6.45) is 1.54. The van der Waals surface area contributed by atoms with E-state index in [0.717, 1.165) is 22.0 Å². The highest BCUT2D eigenvalue weighted by molar-refractivity contribution is 6.04. The normalized spacial score (nSPS) is 10.5. The Hall–Kier alpha value is -1.90. The highest BCUT2D eigenvalue weighted by atomic mass is 16.4. The number of hydrogen-bond acceptors (Lipinski definition) is 2. The van der Waals surface area contributed by atoms with E-state index in [0.29, 0.717) is 5.56 Å². The van der Waals surface area contributed by atoms with Crippen molar-refractivity contribution in [2.24, 2.45) is 0 Å². The van der Waals surface area contributed by atoms with Gasteiger partial charge in [-0.2, -0.15) is 0 Å². The van der Waals surface area contributed by atoms with Gasteiger partial charge in [0.15, 0.2) is 0 Å². The van der Waals surface area contributed by atoms with Gasteiger partial charge in [0.2, 0.25) is 0 Å². The maximum atomic E-state index is 11.1. The van der Waals surface area contributed by atoms with E-state index < -0.39 is 5.97 Å². The maximum Gasteiger partial charge on any atom is 0.336 e. The van der Waals surface area contributed by atoms with Crippen LogP contribution in [0.1, 0.15) is 21.5 Å². The van der Waals surface area contributed by atoms with Crippen molar-refractivity contribution in [3.05, 3.63) is 41.1 Å². The highest BCUT2D eigenvalue weighted by Gasteiger charge is 2.11. The zero-order valence-electron chi connectivity index (χ0n) is 8.61. The van der Waals surface area contributed by atoms with E-state index in [4.69, 9.17) is 5.11 Å². The zero-order chi connectivity index (χ0) is 11.0. The van der Waals surface area contributed by atoms with Crippen LogP contribution in [-0.2, 0) is 0 Å². The predicted octanol–water partition coefficient (Wildman–Crippen LogP) is 2.55. The molecule has 0 aliphatic heterocycles. The van der Waals surface area contributed by atoms with E-state index in [1.807, 2.05) is 26.0 Å². The van der Waals surface area contributed by atoms with Gasteiger partial charge in [-0.05, 0) is 31.0 Å². The first-order valence-electron chi connectivity index (χ1n) is 4.69. The summed E-state index contributed by atoms with van der Waals surface area (Å²) in [5, 5.41) is 9.81. The van der Waals surface area contributed by atoms with Gasteiger partial charge in [-0.25, -0.2) is 4.79 Å². The lowest BCUT2D eigenvalue weighted by molar-refractivity contribution is 0.0699. The Bertz CT molecular complexity index is 547. The number of pyridine rings is 1. The van der Waals surface area contributed by atoms with Crippen molar-refractivity contribution in [1.82, 2.24) is 4.98 Å². The van der Waals surface area contributed by atoms with Gasteiger partial charge in [-0.3, -0.25) is 4.98 Å². The summed E-state index contributed by atoms with van der Waals surface area (Å²) in [7, 11) is 0. The molecule has 1 aromatic heterocycles. The molecule has 0 bridgehead atoms. The summed E-state index contributed by atoms with van der Waals surface area (Å²) in [4.78, 5) is 15.3. The van der Waals surface area contributed by atoms with Gasteiger partial charge >= 0.3 is 5.97 Å². The number of carbonyl (C=O) groups is 1. The zero-order valence-corrected chi connectivity index (χ0v) is 8.61. The lowest BCUT2D eigenvalue weighted by atomic mass is 10.0. The Morgan fingerprint density at radius 1 is 1.20 bits per heavy atom. The Balaban J connectivity index is 2.96. The maximum absolute atomic E-state index is 11.1. The Kier molecular flexibility index (Phi) is 2.15. The molecule has 76 valence electrons. The molecule has 0 unspecified atom stereocenters. The van der Waals surface area contributed by atoms with Gasteiger partial charge in [-0.1, -0.05) is 12.1 Å². The molecule has 0 fully saturated rings. The molecule has 3 heteroatoms. The molecule has 0 spiro atoms. The van der Waals surface area contributed by atoms with E-state index in [-0.39, 0.29) is 0 Å². The van der Waals surface area contributed by atoms with Crippen molar-refractivity contribution in [2.45, 2.75) is 13.8 Å². The third kappa shape index (κ3) is 1.46. The first-order chi connectivity index (χ1) is 7.11. The van der Waals surface area contributed by atoms with Crippen molar-refractivity contribution in [2.75, 3.05) is 0 Å². The summed E-state index contributed by atoms with van der Waals surface area (Å²) < 4.78 is 0. The SMILES string of the molecule is Cc1ccc(C)c2c(C(=O)O)ccnc12. The standard InChI is InChI=1S/C12H11NO2/c1-7-3-4-8(2)11-10(7)9(12(14)15)5-6-13-11/h3-6H,1-2H3,(H,14,15). The second-order valence-electron chi connectivity index (χ2n) is 3.59. The molecule has 1 N–H and O–H groups in total. The first kappa shape index (κ1) is 9.65. The third-order valence-corrected chi connectivity index (χ3v) is 2.53. The van der Waals surface area contributed by atoms with Crippen molar-refractivity contribution in [3.63, 3.8) is 0 Å². The van der Waals surface area contributed by atoms with E-state index in [9.17, 15) is 4.79 Å². The number of nitrogens with zero attached hydrogens (tertiary/aromatic N) is 1. The summed E-state index contributed by atoms with van der Waals surface area (Å²) in [6, 6.07) is 5.42. The van der Waals surface area contributed by atoms with Crippen LogP contribution < -0.4 is 0 Å². The Labute approximate surface area is 87.4 Å². The molecular weight excluding hydrogens is 190 g/mol. The van der Waals surface area contributed by atoms with Crippen LogP contribution >= 0.6 is 0 Å². The number of aromatic carboxylic acids is 1. The van der Waals surface area contributed by atoms with Gasteiger partial charge in [0.25, 0.3) is 0 Å². The fourth-order valence-corrected chi connectivity index (χ4v) is 1.75. The molecule has 0 radical (unpaired) electrons. The number of carboxylic acids is 1. The number of carboxylic acid groups (broad SMARTS) is 1. The molecule has 2 aromatic rings. The predicted molar refractivity (Wildman–Crippen MR) is 58.2 cm³/mol. The van der Waals surface area contributed by atoms with E-state index in [1.165, 1.54) is 12.3 Å². The molecular formula is C12H11NO2. The smallest absolute Gasteiger partial charge is 0.336 e. The molecule has 3 nitrogen and oxygen atoms in total. The van der Waals surface area contributed by atoms with Gasteiger partial charge < -0.3 is 5.11 Å². The van der Waals surface area contributed by atoms with Crippen LogP contribution in [0.15, 0.2) is 24.4 Å². The largest absolute Gasteiger partial charge is 0.478 e. The summed E-state index contributed by atoms with van der Waals surface area (Å²) in [5.41, 5.74) is 3.04. The Morgan fingerprint density at radius 2 is 1.87 bits per heavy atom. The molecule has 1 aromatic carbocycles. The highest BCUT2D eigenvalue weighted by Crippen LogP contribution is 2.23. The quantitative estimate of drug-likeness (QED) is 0.771. The molecule has 0 aliphatic carbocycles. The minimum atomic E-state index is -0.906. The fraction of sp³-hybridized carbons (Fsp3) is 0.167. The van der Waals surface area contributed by atoms with E-state index in [1.54, 1.807) is 0 Å². The van der Waals surface area contributed by atoms with Gasteiger partial charge in [0.1, 0.15) is 0 Å². The van der Waals surface area contributed by atoms with Crippen LogP contribution in [0.5, 0.6) is 0 Å². The molecule has 15 heavy (non-hydrogen) atoms. The molecule has 0 aliphatic rings.